The lowest BCUT2D eigenvalue weighted by Crippen LogP contribution is -2.50. The largest absolute Gasteiger partial charge is 0.454 e. The molecule has 0 radical (unpaired) electrons. The molecular weight excluding hydrogens is 439 g/mol. The van der Waals surface area contributed by atoms with Crippen LogP contribution in [0.15, 0.2) is 65.0 Å². The number of rotatable bonds is 1. The number of ether oxygens (including phenoxy) is 1. The van der Waals surface area contributed by atoms with Crippen LogP contribution >= 0.6 is 11.3 Å². The Balaban J connectivity index is 1.47. The molecular formula is C23H18F3N3O2S. The molecule has 2 aliphatic rings. The number of alkyl halides is 3. The molecule has 1 fully saturated rings. The SMILES string of the molecule is O=C(c1cccs1)N1CCN(C2=Nc3cc(C(F)(F)F)ccc3Oc3ccccc32)CC1. The van der Waals surface area contributed by atoms with E-state index in [4.69, 9.17) is 4.74 Å². The molecule has 5 rings (SSSR count). The van der Waals surface area contributed by atoms with E-state index >= 15 is 0 Å². The molecule has 0 aliphatic carbocycles. The molecule has 0 atom stereocenters. The summed E-state index contributed by atoms with van der Waals surface area (Å²) in [5, 5.41) is 1.87. The molecule has 0 unspecified atom stereocenters. The quantitative estimate of drug-likeness (QED) is 0.491. The number of aliphatic imine (C=N–C) groups is 1. The maximum Gasteiger partial charge on any atom is 0.416 e. The van der Waals surface area contributed by atoms with E-state index in [1.165, 1.54) is 17.4 Å². The number of benzene rings is 2. The number of thiophene rings is 1. The van der Waals surface area contributed by atoms with Crippen molar-refractivity contribution in [1.29, 1.82) is 0 Å². The van der Waals surface area contributed by atoms with Crippen LogP contribution in [0.25, 0.3) is 0 Å². The van der Waals surface area contributed by atoms with E-state index in [0.29, 0.717) is 48.2 Å². The zero-order valence-electron chi connectivity index (χ0n) is 16.8. The summed E-state index contributed by atoms with van der Waals surface area (Å²) >= 11 is 1.41. The minimum atomic E-state index is -4.47. The van der Waals surface area contributed by atoms with Gasteiger partial charge in [-0.05, 0) is 41.8 Å². The number of hydrogen-bond donors (Lipinski definition) is 0. The fraction of sp³-hybridized carbons (Fsp3) is 0.217. The Hall–Kier alpha value is -3.33. The minimum absolute atomic E-state index is 0.00801. The average Bonchev–Trinajstić information content (AvgIpc) is 3.27. The van der Waals surface area contributed by atoms with Crippen LogP contribution in [0, 0.1) is 0 Å². The summed E-state index contributed by atoms with van der Waals surface area (Å²) in [7, 11) is 0. The molecule has 0 spiro atoms. The lowest BCUT2D eigenvalue weighted by atomic mass is 10.1. The molecule has 1 saturated heterocycles. The first kappa shape index (κ1) is 20.6. The van der Waals surface area contributed by atoms with Crippen LogP contribution in [0.3, 0.4) is 0 Å². The summed E-state index contributed by atoms with van der Waals surface area (Å²) in [4.78, 5) is 21.7. The third-order valence-electron chi connectivity index (χ3n) is 5.46. The van der Waals surface area contributed by atoms with Crippen molar-refractivity contribution in [2.75, 3.05) is 26.2 Å². The summed E-state index contributed by atoms with van der Waals surface area (Å²) in [5.41, 5.74) is 0.0543. The Morgan fingerprint density at radius 1 is 0.969 bits per heavy atom. The van der Waals surface area contributed by atoms with Gasteiger partial charge in [0.15, 0.2) is 5.75 Å². The molecule has 1 aromatic heterocycles. The monoisotopic (exact) mass is 457 g/mol. The number of carbonyl (C=O) groups excluding carboxylic acids is 1. The number of fused-ring (bicyclic) bond motifs is 2. The number of para-hydroxylation sites is 1. The van der Waals surface area contributed by atoms with Gasteiger partial charge in [0.1, 0.15) is 17.3 Å². The van der Waals surface area contributed by atoms with Crippen LogP contribution in [0.2, 0.25) is 0 Å². The average molecular weight is 457 g/mol. The molecule has 0 N–H and O–H groups in total. The molecule has 0 bridgehead atoms. The van der Waals surface area contributed by atoms with Crippen LogP contribution in [0.4, 0.5) is 18.9 Å². The third kappa shape index (κ3) is 3.84. The third-order valence-corrected chi connectivity index (χ3v) is 6.32. The zero-order valence-corrected chi connectivity index (χ0v) is 17.6. The first-order valence-corrected chi connectivity index (χ1v) is 10.9. The molecule has 2 aromatic carbocycles. The summed E-state index contributed by atoms with van der Waals surface area (Å²) < 4.78 is 45.7. The highest BCUT2D eigenvalue weighted by Gasteiger charge is 2.33. The van der Waals surface area contributed by atoms with Crippen molar-refractivity contribution in [2.45, 2.75) is 6.18 Å². The predicted octanol–water partition coefficient (Wildman–Crippen LogP) is 5.41. The molecule has 9 heteroatoms. The van der Waals surface area contributed by atoms with Crippen molar-refractivity contribution in [3.05, 3.63) is 76.0 Å². The summed E-state index contributed by atoms with van der Waals surface area (Å²) in [6, 6.07) is 14.2. The molecule has 0 saturated carbocycles. The Bertz CT molecular complexity index is 1180. The minimum Gasteiger partial charge on any atom is -0.454 e. The van der Waals surface area contributed by atoms with E-state index in [1.54, 1.807) is 17.0 Å². The van der Waals surface area contributed by atoms with Gasteiger partial charge in [-0.2, -0.15) is 13.2 Å². The van der Waals surface area contributed by atoms with Gasteiger partial charge in [0, 0.05) is 26.2 Å². The van der Waals surface area contributed by atoms with Crippen LogP contribution in [0.5, 0.6) is 11.5 Å². The van der Waals surface area contributed by atoms with Gasteiger partial charge in [-0.15, -0.1) is 11.3 Å². The maximum atomic E-state index is 13.3. The van der Waals surface area contributed by atoms with Crippen LogP contribution in [-0.4, -0.2) is 47.7 Å². The zero-order chi connectivity index (χ0) is 22.3. The topological polar surface area (TPSA) is 45.1 Å². The van der Waals surface area contributed by atoms with Gasteiger partial charge in [-0.1, -0.05) is 18.2 Å². The molecule has 5 nitrogen and oxygen atoms in total. The number of amidine groups is 1. The molecule has 2 aliphatic heterocycles. The van der Waals surface area contributed by atoms with E-state index in [0.717, 1.165) is 12.1 Å². The van der Waals surface area contributed by atoms with E-state index in [1.807, 2.05) is 34.5 Å². The molecule has 32 heavy (non-hydrogen) atoms. The molecule has 3 aromatic rings. The summed E-state index contributed by atoms with van der Waals surface area (Å²) in [6.07, 6.45) is -4.47. The van der Waals surface area contributed by atoms with Crippen LogP contribution < -0.4 is 4.74 Å². The van der Waals surface area contributed by atoms with Crippen molar-refractivity contribution >= 4 is 28.8 Å². The fourth-order valence-electron chi connectivity index (χ4n) is 3.82. The van der Waals surface area contributed by atoms with E-state index in [-0.39, 0.29) is 17.3 Å². The molecule has 3 heterocycles. The number of halogens is 3. The fourth-order valence-corrected chi connectivity index (χ4v) is 4.51. The first-order chi connectivity index (χ1) is 15.4. The van der Waals surface area contributed by atoms with Crippen molar-refractivity contribution in [3.63, 3.8) is 0 Å². The second-order valence-electron chi connectivity index (χ2n) is 7.47. The van der Waals surface area contributed by atoms with Crippen molar-refractivity contribution < 1.29 is 22.7 Å². The summed E-state index contributed by atoms with van der Waals surface area (Å²) in [6.45, 7) is 2.01. The van der Waals surface area contributed by atoms with E-state index in [2.05, 4.69) is 4.99 Å². The second kappa shape index (κ2) is 7.98. The highest BCUT2D eigenvalue weighted by Crippen LogP contribution is 2.41. The maximum absolute atomic E-state index is 13.3. The van der Waals surface area contributed by atoms with E-state index < -0.39 is 11.7 Å². The number of nitrogens with zero attached hydrogens (tertiary/aromatic N) is 3. The van der Waals surface area contributed by atoms with Gasteiger partial charge in [0.05, 0.1) is 16.0 Å². The predicted molar refractivity (Wildman–Crippen MR) is 116 cm³/mol. The van der Waals surface area contributed by atoms with Crippen molar-refractivity contribution in [1.82, 2.24) is 9.80 Å². The lowest BCUT2D eigenvalue weighted by molar-refractivity contribution is -0.137. The number of piperazine rings is 1. The van der Waals surface area contributed by atoms with Crippen molar-refractivity contribution in [3.8, 4) is 11.5 Å². The first-order valence-electron chi connectivity index (χ1n) is 10.0. The number of hydrogen-bond acceptors (Lipinski definition) is 5. The highest BCUT2D eigenvalue weighted by molar-refractivity contribution is 7.12. The number of carbonyl (C=O) groups is 1. The van der Waals surface area contributed by atoms with Gasteiger partial charge in [0.2, 0.25) is 0 Å². The van der Waals surface area contributed by atoms with Gasteiger partial charge in [-0.25, -0.2) is 4.99 Å². The van der Waals surface area contributed by atoms with Gasteiger partial charge >= 0.3 is 6.18 Å². The normalized spacial score (nSPS) is 15.9. The van der Waals surface area contributed by atoms with Crippen LogP contribution in [-0.2, 0) is 6.18 Å². The van der Waals surface area contributed by atoms with Gasteiger partial charge in [-0.3, -0.25) is 4.79 Å². The molecule has 164 valence electrons. The lowest BCUT2D eigenvalue weighted by Gasteiger charge is -2.36. The van der Waals surface area contributed by atoms with Crippen molar-refractivity contribution in [2.24, 2.45) is 4.99 Å². The highest BCUT2D eigenvalue weighted by atomic mass is 32.1. The Kier molecular flexibility index (Phi) is 5.13. The van der Waals surface area contributed by atoms with Gasteiger partial charge in [0.25, 0.3) is 5.91 Å². The summed E-state index contributed by atoms with van der Waals surface area (Å²) in [5.74, 6) is 1.34. The Morgan fingerprint density at radius 3 is 2.47 bits per heavy atom. The smallest absolute Gasteiger partial charge is 0.416 e. The van der Waals surface area contributed by atoms with Gasteiger partial charge < -0.3 is 14.5 Å². The Morgan fingerprint density at radius 2 is 1.75 bits per heavy atom. The van der Waals surface area contributed by atoms with E-state index in [9.17, 15) is 18.0 Å². The second-order valence-corrected chi connectivity index (χ2v) is 8.42. The number of amides is 1. The van der Waals surface area contributed by atoms with Crippen LogP contribution in [0.1, 0.15) is 20.8 Å². The molecule has 1 amide bonds. The standard InChI is InChI=1S/C23H18F3N3O2S/c24-23(25,26)15-7-8-19-17(14-15)27-21(16-4-1-2-5-18(16)31-19)28-9-11-29(12-10-28)22(30)20-6-3-13-32-20/h1-8,13-14H,9-12H2. The Labute approximate surface area is 186 Å².